The first-order valence-electron chi connectivity index (χ1n) is 10.6. The van der Waals surface area contributed by atoms with Crippen LogP contribution in [-0.4, -0.2) is 44.4 Å². The van der Waals surface area contributed by atoms with Crippen LogP contribution in [0.2, 0.25) is 0 Å². The van der Waals surface area contributed by atoms with Crippen LogP contribution in [0.15, 0.2) is 47.4 Å². The van der Waals surface area contributed by atoms with Crippen molar-refractivity contribution in [3.05, 3.63) is 53.6 Å². The first-order valence-corrected chi connectivity index (χ1v) is 12.1. The molecule has 6 nitrogen and oxygen atoms in total. The van der Waals surface area contributed by atoms with Crippen molar-refractivity contribution in [3.8, 4) is 0 Å². The molecule has 0 N–H and O–H groups in total. The molecule has 3 aliphatic heterocycles. The van der Waals surface area contributed by atoms with Crippen LogP contribution >= 0.6 is 0 Å². The largest absolute Gasteiger partial charge is 0.309 e. The van der Waals surface area contributed by atoms with E-state index < -0.39 is 10.0 Å². The molecule has 5 rings (SSSR count). The van der Waals surface area contributed by atoms with Gasteiger partial charge in [-0.3, -0.25) is 14.0 Å². The standard InChI is InChI=1S/C23H27N3O3S/c1-16-12-19-13-21(9-10-23(19)26(16)17(2)27)30(28,29)25-15-20-7-5-11-24(20)14-18-6-3-4-8-22(18)25/h3-4,6,8-10,13,16,20H,5,7,11-12,14-15H2,1-2H3/t16-,20+/m0/s1. The summed E-state index contributed by atoms with van der Waals surface area (Å²) in [5, 5.41) is 0. The second-order valence-electron chi connectivity index (χ2n) is 8.66. The molecule has 2 aromatic carbocycles. The Morgan fingerprint density at radius 3 is 2.67 bits per heavy atom. The predicted molar refractivity (Wildman–Crippen MR) is 117 cm³/mol. The molecule has 1 saturated heterocycles. The maximum atomic E-state index is 13.8. The fourth-order valence-corrected chi connectivity index (χ4v) is 6.90. The maximum absolute atomic E-state index is 13.8. The van der Waals surface area contributed by atoms with Gasteiger partial charge in [0.1, 0.15) is 0 Å². The fourth-order valence-electron chi connectivity index (χ4n) is 5.31. The van der Waals surface area contributed by atoms with Gasteiger partial charge in [0.05, 0.1) is 10.6 Å². The molecule has 30 heavy (non-hydrogen) atoms. The number of nitrogens with zero attached hydrogens (tertiary/aromatic N) is 3. The molecule has 158 valence electrons. The monoisotopic (exact) mass is 425 g/mol. The van der Waals surface area contributed by atoms with Gasteiger partial charge in [-0.2, -0.15) is 0 Å². The van der Waals surface area contributed by atoms with Gasteiger partial charge in [-0.05, 0) is 68.1 Å². The number of carbonyl (C=O) groups excluding carboxylic acids is 1. The van der Waals surface area contributed by atoms with E-state index in [-0.39, 0.29) is 18.0 Å². The number of hydrogen-bond donors (Lipinski definition) is 0. The van der Waals surface area contributed by atoms with E-state index in [9.17, 15) is 13.2 Å². The van der Waals surface area contributed by atoms with Gasteiger partial charge in [-0.15, -0.1) is 0 Å². The van der Waals surface area contributed by atoms with Crippen molar-refractivity contribution in [2.75, 3.05) is 22.3 Å². The third-order valence-electron chi connectivity index (χ3n) is 6.70. The Morgan fingerprint density at radius 2 is 1.87 bits per heavy atom. The Hall–Kier alpha value is -2.38. The van der Waals surface area contributed by atoms with Crippen molar-refractivity contribution < 1.29 is 13.2 Å². The summed E-state index contributed by atoms with van der Waals surface area (Å²) in [5.41, 5.74) is 3.59. The van der Waals surface area contributed by atoms with Crippen LogP contribution < -0.4 is 9.21 Å². The maximum Gasteiger partial charge on any atom is 0.264 e. The average Bonchev–Trinajstić information content (AvgIpc) is 3.24. The normalized spacial score (nSPS) is 23.7. The second-order valence-corrected chi connectivity index (χ2v) is 10.5. The summed E-state index contributed by atoms with van der Waals surface area (Å²) in [4.78, 5) is 16.5. The first kappa shape index (κ1) is 19.6. The molecular weight excluding hydrogens is 398 g/mol. The van der Waals surface area contributed by atoms with Gasteiger partial charge >= 0.3 is 0 Å². The van der Waals surface area contributed by atoms with Crippen LogP contribution in [0.5, 0.6) is 0 Å². The quantitative estimate of drug-likeness (QED) is 0.742. The van der Waals surface area contributed by atoms with Gasteiger partial charge in [0, 0.05) is 37.8 Å². The molecule has 0 radical (unpaired) electrons. The van der Waals surface area contributed by atoms with E-state index in [1.807, 2.05) is 31.2 Å². The van der Waals surface area contributed by atoms with Gasteiger partial charge in [-0.1, -0.05) is 18.2 Å². The SMILES string of the molecule is CC(=O)N1c2ccc(S(=O)(=O)N3C[C@H]4CCCN4Cc4ccccc43)cc2C[C@@H]1C. The van der Waals surface area contributed by atoms with Gasteiger partial charge in [0.25, 0.3) is 10.0 Å². The Labute approximate surface area is 178 Å². The molecule has 0 aliphatic carbocycles. The van der Waals surface area contributed by atoms with Crippen LogP contribution in [0.4, 0.5) is 11.4 Å². The van der Waals surface area contributed by atoms with E-state index in [2.05, 4.69) is 4.90 Å². The number of para-hydroxylation sites is 1. The minimum atomic E-state index is -3.71. The van der Waals surface area contributed by atoms with E-state index in [1.165, 1.54) is 0 Å². The number of carbonyl (C=O) groups is 1. The zero-order valence-electron chi connectivity index (χ0n) is 17.4. The summed E-state index contributed by atoms with van der Waals surface area (Å²) >= 11 is 0. The van der Waals surface area contributed by atoms with Gasteiger partial charge in [0.2, 0.25) is 5.91 Å². The van der Waals surface area contributed by atoms with Crippen LogP contribution in [-0.2, 0) is 27.8 Å². The van der Waals surface area contributed by atoms with E-state index in [1.54, 1.807) is 34.3 Å². The molecular formula is C23H27N3O3S. The Balaban J connectivity index is 1.57. The molecule has 0 aromatic heterocycles. The van der Waals surface area contributed by atoms with E-state index in [4.69, 9.17) is 0 Å². The molecule has 0 saturated carbocycles. The number of fused-ring (bicyclic) bond motifs is 3. The van der Waals surface area contributed by atoms with E-state index in [0.717, 1.165) is 48.4 Å². The molecule has 0 unspecified atom stereocenters. The Kier molecular flexibility index (Phi) is 4.63. The molecule has 3 aliphatic rings. The molecule has 3 heterocycles. The number of benzene rings is 2. The number of rotatable bonds is 2. The lowest BCUT2D eigenvalue weighted by Gasteiger charge is -2.28. The summed E-state index contributed by atoms with van der Waals surface area (Å²) in [6.45, 7) is 5.84. The lowest BCUT2D eigenvalue weighted by atomic mass is 10.1. The highest BCUT2D eigenvalue weighted by molar-refractivity contribution is 7.92. The van der Waals surface area contributed by atoms with Crippen molar-refractivity contribution >= 4 is 27.3 Å². The Morgan fingerprint density at radius 1 is 1.07 bits per heavy atom. The highest BCUT2D eigenvalue weighted by Crippen LogP contribution is 2.38. The molecule has 1 amide bonds. The van der Waals surface area contributed by atoms with Crippen LogP contribution in [0, 0.1) is 0 Å². The number of anilines is 2. The lowest BCUT2D eigenvalue weighted by Crippen LogP contribution is -2.40. The minimum Gasteiger partial charge on any atom is -0.309 e. The molecule has 0 bridgehead atoms. The van der Waals surface area contributed by atoms with Crippen molar-refractivity contribution in [2.45, 2.75) is 56.6 Å². The predicted octanol–water partition coefficient (Wildman–Crippen LogP) is 3.16. The summed E-state index contributed by atoms with van der Waals surface area (Å²) in [6.07, 6.45) is 2.80. The summed E-state index contributed by atoms with van der Waals surface area (Å²) in [7, 11) is -3.71. The van der Waals surface area contributed by atoms with Gasteiger partial charge in [0.15, 0.2) is 0 Å². The van der Waals surface area contributed by atoms with Crippen LogP contribution in [0.1, 0.15) is 37.8 Å². The minimum absolute atomic E-state index is 0.0142. The number of sulfonamides is 1. The zero-order valence-corrected chi connectivity index (χ0v) is 18.2. The first-order chi connectivity index (χ1) is 14.4. The highest BCUT2D eigenvalue weighted by atomic mass is 32.2. The molecule has 2 aromatic rings. The van der Waals surface area contributed by atoms with Crippen LogP contribution in [0.3, 0.4) is 0 Å². The molecule has 1 fully saturated rings. The summed E-state index contributed by atoms with van der Waals surface area (Å²) < 4.78 is 29.2. The topological polar surface area (TPSA) is 60.9 Å². The van der Waals surface area contributed by atoms with Crippen molar-refractivity contribution in [1.82, 2.24) is 4.90 Å². The van der Waals surface area contributed by atoms with Crippen molar-refractivity contribution in [2.24, 2.45) is 0 Å². The molecule has 2 atom stereocenters. The number of hydrogen-bond acceptors (Lipinski definition) is 4. The van der Waals surface area contributed by atoms with E-state index >= 15 is 0 Å². The van der Waals surface area contributed by atoms with Gasteiger partial charge in [-0.25, -0.2) is 8.42 Å². The third kappa shape index (κ3) is 3.03. The molecule has 7 heteroatoms. The second kappa shape index (κ2) is 7.10. The smallest absolute Gasteiger partial charge is 0.264 e. The highest BCUT2D eigenvalue weighted by Gasteiger charge is 2.37. The van der Waals surface area contributed by atoms with Gasteiger partial charge < -0.3 is 4.90 Å². The lowest BCUT2D eigenvalue weighted by molar-refractivity contribution is -0.116. The van der Waals surface area contributed by atoms with E-state index in [0.29, 0.717) is 17.9 Å². The number of amides is 1. The van der Waals surface area contributed by atoms with Crippen molar-refractivity contribution in [3.63, 3.8) is 0 Å². The fraction of sp³-hybridized carbons (Fsp3) is 0.435. The zero-order chi connectivity index (χ0) is 21.0. The van der Waals surface area contributed by atoms with Crippen LogP contribution in [0.25, 0.3) is 0 Å². The summed E-state index contributed by atoms with van der Waals surface area (Å²) in [6, 6.07) is 13.3. The molecule has 0 spiro atoms. The third-order valence-corrected chi connectivity index (χ3v) is 8.48. The van der Waals surface area contributed by atoms with Crippen molar-refractivity contribution in [1.29, 1.82) is 0 Å². The Bertz CT molecular complexity index is 1110. The average molecular weight is 426 g/mol. The summed E-state index contributed by atoms with van der Waals surface area (Å²) in [5.74, 6) is -0.0142.